The van der Waals surface area contributed by atoms with Gasteiger partial charge in [0, 0.05) is 44.2 Å². The molecule has 160 valence electrons. The Morgan fingerprint density at radius 3 is 2.60 bits per heavy atom. The van der Waals surface area contributed by atoms with Crippen molar-refractivity contribution in [2.45, 2.75) is 39.2 Å². The normalized spacial score (nSPS) is 19.7. The summed E-state index contributed by atoms with van der Waals surface area (Å²) in [6, 6.07) is 12.9. The average Bonchev–Trinajstić information content (AvgIpc) is 3.19. The summed E-state index contributed by atoms with van der Waals surface area (Å²) in [6.07, 6.45) is 2.86. The van der Waals surface area contributed by atoms with E-state index in [1.165, 1.54) is 5.56 Å². The molecule has 3 heterocycles. The van der Waals surface area contributed by atoms with Gasteiger partial charge in [-0.1, -0.05) is 44.2 Å². The highest BCUT2D eigenvalue weighted by Crippen LogP contribution is 2.21. The third kappa shape index (κ3) is 4.71. The molecule has 0 aliphatic carbocycles. The summed E-state index contributed by atoms with van der Waals surface area (Å²) >= 11 is 0. The van der Waals surface area contributed by atoms with Gasteiger partial charge in [-0.3, -0.25) is 14.6 Å². The Labute approximate surface area is 179 Å². The van der Waals surface area contributed by atoms with Gasteiger partial charge in [0.2, 0.25) is 5.91 Å². The second-order valence-electron chi connectivity index (χ2n) is 8.35. The molecule has 1 unspecified atom stereocenters. The highest BCUT2D eigenvalue weighted by atomic mass is 16.2. The largest absolute Gasteiger partial charge is 0.340 e. The van der Waals surface area contributed by atoms with E-state index in [2.05, 4.69) is 56.9 Å². The first-order chi connectivity index (χ1) is 14.7. The Balaban J connectivity index is 1.35. The summed E-state index contributed by atoms with van der Waals surface area (Å²) in [5, 5.41) is 8.96. The lowest BCUT2D eigenvalue weighted by Gasteiger charge is -2.27. The minimum absolute atomic E-state index is 0.270. The lowest BCUT2D eigenvalue weighted by Crippen LogP contribution is -2.42. The van der Waals surface area contributed by atoms with Gasteiger partial charge in [-0.05, 0) is 37.6 Å². The van der Waals surface area contributed by atoms with E-state index in [4.69, 9.17) is 0 Å². The van der Waals surface area contributed by atoms with Crippen LogP contribution in [-0.4, -0.2) is 82.7 Å². The fraction of sp³-hybridized carbons (Fsp3) is 0.542. The molecule has 6 heteroatoms. The fourth-order valence-electron chi connectivity index (χ4n) is 4.74. The Hall–Kier alpha value is -2.31. The van der Waals surface area contributed by atoms with Crippen molar-refractivity contribution in [3.8, 4) is 11.3 Å². The van der Waals surface area contributed by atoms with Crippen LogP contribution in [0, 0.1) is 0 Å². The average molecular weight is 408 g/mol. The summed E-state index contributed by atoms with van der Waals surface area (Å²) in [5.74, 6) is 0.270. The third-order valence-electron chi connectivity index (χ3n) is 6.60. The zero-order chi connectivity index (χ0) is 20.9. The van der Waals surface area contributed by atoms with Crippen LogP contribution in [0.1, 0.15) is 31.5 Å². The molecule has 2 aliphatic rings. The zero-order valence-corrected chi connectivity index (χ0v) is 18.3. The second-order valence-corrected chi connectivity index (χ2v) is 8.35. The molecule has 1 aromatic heterocycles. The van der Waals surface area contributed by atoms with Crippen LogP contribution in [-0.2, 0) is 17.6 Å². The van der Waals surface area contributed by atoms with Crippen LogP contribution in [0.4, 0.5) is 0 Å². The minimum Gasteiger partial charge on any atom is -0.340 e. The lowest BCUT2D eigenvalue weighted by molar-refractivity contribution is -0.131. The zero-order valence-electron chi connectivity index (χ0n) is 18.3. The number of fused-ring (bicyclic) bond motifs is 1. The van der Waals surface area contributed by atoms with Gasteiger partial charge in [-0.25, -0.2) is 0 Å². The maximum absolute atomic E-state index is 12.9. The molecule has 4 rings (SSSR count). The molecule has 1 amide bonds. The van der Waals surface area contributed by atoms with Crippen molar-refractivity contribution in [2.24, 2.45) is 0 Å². The highest BCUT2D eigenvalue weighted by Gasteiger charge is 2.30. The van der Waals surface area contributed by atoms with Crippen molar-refractivity contribution in [3.63, 3.8) is 0 Å². The van der Waals surface area contributed by atoms with Crippen molar-refractivity contribution in [3.05, 3.63) is 47.7 Å². The second kappa shape index (κ2) is 9.67. The van der Waals surface area contributed by atoms with E-state index in [-0.39, 0.29) is 5.91 Å². The summed E-state index contributed by atoms with van der Waals surface area (Å²) < 4.78 is 0. The summed E-state index contributed by atoms with van der Waals surface area (Å²) in [4.78, 5) is 19.7. The first kappa shape index (κ1) is 20.9. The molecule has 2 aliphatic heterocycles. The molecule has 0 radical (unpaired) electrons. The number of hydrogen-bond donors (Lipinski definition) is 0. The number of benzene rings is 1. The summed E-state index contributed by atoms with van der Waals surface area (Å²) in [6.45, 7) is 10.6. The van der Waals surface area contributed by atoms with Gasteiger partial charge >= 0.3 is 0 Å². The SMILES string of the molecule is CCN(CC)C1CCN(C(=O)CN2CCc3cc(-c4ccccc4)nnc3CC2)C1. The molecular weight excluding hydrogens is 374 g/mol. The van der Waals surface area contributed by atoms with E-state index in [0.29, 0.717) is 12.6 Å². The Morgan fingerprint density at radius 2 is 1.83 bits per heavy atom. The molecule has 0 bridgehead atoms. The number of hydrogen-bond acceptors (Lipinski definition) is 5. The number of carbonyl (C=O) groups excluding carboxylic acids is 1. The number of amides is 1. The van der Waals surface area contributed by atoms with Crippen LogP contribution >= 0.6 is 0 Å². The van der Waals surface area contributed by atoms with E-state index < -0.39 is 0 Å². The topological polar surface area (TPSA) is 52.6 Å². The molecule has 30 heavy (non-hydrogen) atoms. The van der Waals surface area contributed by atoms with Crippen LogP contribution in [0.3, 0.4) is 0 Å². The van der Waals surface area contributed by atoms with E-state index in [0.717, 1.165) is 75.5 Å². The molecule has 0 saturated carbocycles. The molecule has 1 saturated heterocycles. The summed E-state index contributed by atoms with van der Waals surface area (Å²) in [5.41, 5.74) is 4.37. The van der Waals surface area contributed by atoms with Crippen LogP contribution in [0.15, 0.2) is 36.4 Å². The van der Waals surface area contributed by atoms with Gasteiger partial charge in [0.25, 0.3) is 0 Å². The number of aromatic nitrogens is 2. The number of likely N-dealkylation sites (tertiary alicyclic amines) is 1. The highest BCUT2D eigenvalue weighted by molar-refractivity contribution is 5.78. The monoisotopic (exact) mass is 407 g/mol. The maximum Gasteiger partial charge on any atom is 0.236 e. The van der Waals surface area contributed by atoms with Crippen molar-refractivity contribution in [2.75, 3.05) is 45.8 Å². The van der Waals surface area contributed by atoms with Gasteiger partial charge in [0.05, 0.1) is 17.9 Å². The van der Waals surface area contributed by atoms with Gasteiger partial charge in [0.15, 0.2) is 0 Å². The van der Waals surface area contributed by atoms with Crippen molar-refractivity contribution < 1.29 is 4.79 Å². The van der Waals surface area contributed by atoms with Crippen molar-refractivity contribution in [1.29, 1.82) is 0 Å². The molecule has 1 aromatic carbocycles. The fourth-order valence-corrected chi connectivity index (χ4v) is 4.74. The molecule has 6 nitrogen and oxygen atoms in total. The third-order valence-corrected chi connectivity index (χ3v) is 6.60. The maximum atomic E-state index is 12.9. The Bertz CT molecular complexity index is 852. The number of nitrogens with zero attached hydrogens (tertiary/aromatic N) is 5. The van der Waals surface area contributed by atoms with Crippen LogP contribution in [0.2, 0.25) is 0 Å². The predicted octanol–water partition coefficient (Wildman–Crippen LogP) is 2.49. The van der Waals surface area contributed by atoms with Gasteiger partial charge in [0.1, 0.15) is 0 Å². The van der Waals surface area contributed by atoms with Gasteiger partial charge < -0.3 is 4.90 Å². The first-order valence-corrected chi connectivity index (χ1v) is 11.3. The summed E-state index contributed by atoms with van der Waals surface area (Å²) in [7, 11) is 0. The minimum atomic E-state index is 0.270. The van der Waals surface area contributed by atoms with E-state index in [1.54, 1.807) is 0 Å². The van der Waals surface area contributed by atoms with Crippen LogP contribution in [0.5, 0.6) is 0 Å². The Kier molecular flexibility index (Phi) is 6.75. The first-order valence-electron chi connectivity index (χ1n) is 11.3. The Morgan fingerprint density at radius 1 is 1.07 bits per heavy atom. The van der Waals surface area contributed by atoms with E-state index >= 15 is 0 Å². The molecular formula is C24H33N5O. The molecule has 1 atom stereocenters. The predicted molar refractivity (Wildman–Crippen MR) is 119 cm³/mol. The van der Waals surface area contributed by atoms with Crippen molar-refractivity contribution >= 4 is 5.91 Å². The molecule has 2 aromatic rings. The quantitative estimate of drug-likeness (QED) is 0.736. The number of rotatable bonds is 6. The smallest absolute Gasteiger partial charge is 0.236 e. The molecule has 0 N–H and O–H groups in total. The molecule has 0 spiro atoms. The van der Waals surface area contributed by atoms with Gasteiger partial charge in [-0.2, -0.15) is 10.2 Å². The molecule has 1 fully saturated rings. The van der Waals surface area contributed by atoms with Crippen LogP contribution < -0.4 is 0 Å². The standard InChI is InChI=1S/C24H33N5O/c1-3-28(4-2)21-11-15-29(17-21)24(30)18-27-13-10-20-16-23(19-8-6-5-7-9-19)26-25-22(20)12-14-27/h5-9,16,21H,3-4,10-15,17-18H2,1-2H3. The van der Waals surface area contributed by atoms with Crippen LogP contribution in [0.25, 0.3) is 11.3 Å². The van der Waals surface area contributed by atoms with Gasteiger partial charge in [-0.15, -0.1) is 0 Å². The number of carbonyl (C=O) groups is 1. The number of likely N-dealkylation sites (N-methyl/N-ethyl adjacent to an activating group) is 1. The van der Waals surface area contributed by atoms with E-state index in [1.807, 2.05) is 18.2 Å². The van der Waals surface area contributed by atoms with E-state index in [9.17, 15) is 4.79 Å². The van der Waals surface area contributed by atoms with Crippen molar-refractivity contribution in [1.82, 2.24) is 24.9 Å². The lowest BCUT2D eigenvalue weighted by atomic mass is 10.1.